The first kappa shape index (κ1) is 30.0. The molecule has 9 rings (SSSR count). The van der Waals surface area contributed by atoms with E-state index in [4.69, 9.17) is 19.4 Å². The minimum Gasteiger partial charge on any atom is -0.457 e. The van der Waals surface area contributed by atoms with Crippen molar-refractivity contribution >= 4 is 21.8 Å². The van der Waals surface area contributed by atoms with E-state index < -0.39 is 0 Å². The van der Waals surface area contributed by atoms with E-state index in [2.05, 4.69) is 38.8 Å². The molecule has 7 heteroatoms. The van der Waals surface area contributed by atoms with Crippen LogP contribution in [-0.4, -0.2) is 24.5 Å². The minimum absolute atomic E-state index is 0.540. The number of hydrogen-bond acceptors (Lipinski definition) is 6. The summed E-state index contributed by atoms with van der Waals surface area (Å²) in [4.78, 5) is 18.7. The summed E-state index contributed by atoms with van der Waals surface area (Å²) in [7, 11) is 0. The Labute approximate surface area is 294 Å². The van der Waals surface area contributed by atoms with Gasteiger partial charge >= 0.3 is 0 Å². The lowest BCUT2D eigenvalue weighted by atomic mass is 10.1. The maximum atomic E-state index is 6.45. The molecular formula is C44H29N5O2. The van der Waals surface area contributed by atoms with Gasteiger partial charge in [-0.25, -0.2) is 9.97 Å². The Morgan fingerprint density at radius 1 is 0.373 bits per heavy atom. The van der Waals surface area contributed by atoms with Crippen LogP contribution in [0.15, 0.2) is 176 Å². The molecule has 0 radical (unpaired) electrons. The minimum atomic E-state index is 0.540. The van der Waals surface area contributed by atoms with Crippen LogP contribution in [0.3, 0.4) is 0 Å². The molecule has 0 spiro atoms. The summed E-state index contributed by atoms with van der Waals surface area (Å²) in [5.41, 5.74) is 7.54. The van der Waals surface area contributed by atoms with Crippen LogP contribution < -0.4 is 9.47 Å². The summed E-state index contributed by atoms with van der Waals surface area (Å²) in [6.45, 7) is 0. The number of benzene rings is 5. The first-order valence-electron chi connectivity index (χ1n) is 16.6. The average Bonchev–Trinajstić information content (AvgIpc) is 3.52. The molecule has 0 saturated heterocycles. The molecule has 4 aromatic heterocycles. The topological polar surface area (TPSA) is 75.0 Å². The molecule has 0 saturated carbocycles. The molecule has 0 aliphatic carbocycles. The lowest BCUT2D eigenvalue weighted by Crippen LogP contribution is -2.01. The highest BCUT2D eigenvalue weighted by atomic mass is 16.5. The standard InChI is InChI=1S/C44H29N5O2/c1-2-10-30(11-3-1)33-28-47-44(48-29-33)49-42-26-36(50-34-14-8-12-31(24-34)40-16-4-6-22-45-40)18-20-38(42)39-21-19-37(27-43(39)49)51-35-15-9-13-32(25-35)41-17-5-7-23-46-41/h1-29H. The number of hydrogen-bond donors (Lipinski definition) is 0. The van der Waals surface area contributed by atoms with Crippen molar-refractivity contribution in [2.75, 3.05) is 0 Å². The van der Waals surface area contributed by atoms with Crippen LogP contribution >= 0.6 is 0 Å². The first-order valence-corrected chi connectivity index (χ1v) is 16.6. The van der Waals surface area contributed by atoms with Crippen LogP contribution in [0.4, 0.5) is 0 Å². The molecule has 0 unspecified atom stereocenters. The Bertz CT molecular complexity index is 2480. The largest absolute Gasteiger partial charge is 0.457 e. The molecule has 5 aromatic carbocycles. The number of rotatable bonds is 8. The predicted molar refractivity (Wildman–Crippen MR) is 201 cm³/mol. The van der Waals surface area contributed by atoms with Gasteiger partial charge < -0.3 is 9.47 Å². The van der Waals surface area contributed by atoms with Crippen molar-refractivity contribution in [3.63, 3.8) is 0 Å². The zero-order chi connectivity index (χ0) is 34.0. The molecule has 0 atom stereocenters. The summed E-state index contributed by atoms with van der Waals surface area (Å²) in [5, 5.41) is 2.08. The van der Waals surface area contributed by atoms with E-state index in [1.165, 1.54) is 0 Å². The zero-order valence-corrected chi connectivity index (χ0v) is 27.3. The fraction of sp³-hybridized carbons (Fsp3) is 0. The van der Waals surface area contributed by atoms with Crippen LogP contribution in [0.1, 0.15) is 0 Å². The second kappa shape index (κ2) is 13.1. The van der Waals surface area contributed by atoms with Crippen molar-refractivity contribution in [1.82, 2.24) is 24.5 Å². The molecule has 51 heavy (non-hydrogen) atoms. The zero-order valence-electron chi connectivity index (χ0n) is 27.3. The van der Waals surface area contributed by atoms with Gasteiger partial charge in [0.1, 0.15) is 23.0 Å². The Hall–Kier alpha value is -7.12. The van der Waals surface area contributed by atoms with Crippen LogP contribution in [-0.2, 0) is 0 Å². The molecule has 7 nitrogen and oxygen atoms in total. The highest BCUT2D eigenvalue weighted by Crippen LogP contribution is 2.38. The molecule has 0 bridgehead atoms. The van der Waals surface area contributed by atoms with E-state index in [-0.39, 0.29) is 0 Å². The van der Waals surface area contributed by atoms with E-state index in [1.807, 2.05) is 140 Å². The smallest absolute Gasteiger partial charge is 0.234 e. The molecule has 0 fully saturated rings. The third-order valence-electron chi connectivity index (χ3n) is 8.72. The summed E-state index contributed by atoms with van der Waals surface area (Å²) in [6.07, 6.45) is 7.31. The van der Waals surface area contributed by atoms with Crippen LogP contribution in [0.25, 0.3) is 61.4 Å². The molecule has 4 heterocycles. The second-order valence-corrected chi connectivity index (χ2v) is 12.0. The highest BCUT2D eigenvalue weighted by molar-refractivity contribution is 6.09. The lowest BCUT2D eigenvalue weighted by molar-refractivity contribution is 0.483. The number of fused-ring (bicyclic) bond motifs is 3. The van der Waals surface area contributed by atoms with Crippen LogP contribution in [0.2, 0.25) is 0 Å². The lowest BCUT2D eigenvalue weighted by Gasteiger charge is -2.11. The van der Waals surface area contributed by atoms with Crippen molar-refractivity contribution in [2.45, 2.75) is 0 Å². The number of ether oxygens (including phenoxy) is 2. The average molecular weight is 660 g/mol. The van der Waals surface area contributed by atoms with E-state index in [1.54, 1.807) is 12.4 Å². The second-order valence-electron chi connectivity index (χ2n) is 12.0. The van der Waals surface area contributed by atoms with Crippen LogP contribution in [0.5, 0.6) is 23.0 Å². The normalized spacial score (nSPS) is 11.1. The van der Waals surface area contributed by atoms with E-state index >= 15 is 0 Å². The predicted octanol–water partition coefficient (Wildman–Crippen LogP) is 10.9. The Morgan fingerprint density at radius 3 is 1.37 bits per heavy atom. The SMILES string of the molecule is c1ccc(-c2cnc(-n3c4cc(Oc5cccc(-c6ccccn6)c5)ccc4c4ccc(Oc5cccc(-c6ccccn6)c5)cc43)nc2)cc1. The molecular weight excluding hydrogens is 631 g/mol. The number of aromatic nitrogens is 5. The van der Waals surface area contributed by atoms with Crippen molar-refractivity contribution in [1.29, 1.82) is 0 Å². The van der Waals surface area contributed by atoms with E-state index in [0.717, 1.165) is 55.4 Å². The third-order valence-corrected chi connectivity index (χ3v) is 8.72. The van der Waals surface area contributed by atoms with Crippen molar-refractivity contribution < 1.29 is 9.47 Å². The number of nitrogens with zero attached hydrogens (tertiary/aromatic N) is 5. The Balaban J connectivity index is 1.13. The maximum absolute atomic E-state index is 6.45. The quantitative estimate of drug-likeness (QED) is 0.162. The van der Waals surface area contributed by atoms with Gasteiger partial charge in [-0.2, -0.15) is 0 Å². The fourth-order valence-corrected chi connectivity index (χ4v) is 6.31. The van der Waals surface area contributed by atoms with Gasteiger partial charge in [0.05, 0.1) is 22.4 Å². The summed E-state index contributed by atoms with van der Waals surface area (Å²) < 4.78 is 15.0. The molecule has 0 aliphatic heterocycles. The first-order chi connectivity index (χ1) is 25.2. The Kier molecular flexibility index (Phi) is 7.68. The molecule has 0 aliphatic rings. The van der Waals surface area contributed by atoms with Gasteiger partial charge in [0, 0.05) is 64.4 Å². The summed E-state index contributed by atoms with van der Waals surface area (Å²) in [5.74, 6) is 3.35. The van der Waals surface area contributed by atoms with Crippen molar-refractivity contribution in [2.24, 2.45) is 0 Å². The van der Waals surface area contributed by atoms with Crippen molar-refractivity contribution in [3.8, 4) is 62.6 Å². The summed E-state index contributed by atoms with van der Waals surface area (Å²) >= 11 is 0. The van der Waals surface area contributed by atoms with Gasteiger partial charge in [0.25, 0.3) is 0 Å². The molecule has 0 N–H and O–H groups in total. The van der Waals surface area contributed by atoms with Crippen LogP contribution in [0, 0.1) is 0 Å². The third kappa shape index (κ3) is 6.04. The van der Waals surface area contributed by atoms with Gasteiger partial charge in [-0.15, -0.1) is 0 Å². The fourth-order valence-electron chi connectivity index (χ4n) is 6.31. The van der Waals surface area contributed by atoms with Gasteiger partial charge in [0.15, 0.2) is 0 Å². The van der Waals surface area contributed by atoms with E-state index in [9.17, 15) is 0 Å². The molecule has 242 valence electrons. The van der Waals surface area contributed by atoms with Gasteiger partial charge in [0.2, 0.25) is 5.95 Å². The number of pyridine rings is 2. The van der Waals surface area contributed by atoms with E-state index in [0.29, 0.717) is 28.9 Å². The molecule has 0 amide bonds. The Morgan fingerprint density at radius 2 is 0.863 bits per heavy atom. The monoisotopic (exact) mass is 659 g/mol. The van der Waals surface area contributed by atoms with Gasteiger partial charge in [-0.05, 0) is 78.4 Å². The molecule has 9 aromatic rings. The highest BCUT2D eigenvalue weighted by Gasteiger charge is 2.17. The van der Waals surface area contributed by atoms with Gasteiger partial charge in [-0.3, -0.25) is 14.5 Å². The van der Waals surface area contributed by atoms with Crippen molar-refractivity contribution in [3.05, 3.63) is 176 Å². The maximum Gasteiger partial charge on any atom is 0.234 e. The van der Waals surface area contributed by atoms with Gasteiger partial charge in [-0.1, -0.05) is 66.7 Å². The summed E-state index contributed by atoms with van der Waals surface area (Å²) in [6, 6.07) is 50.0.